The highest BCUT2D eigenvalue weighted by Crippen LogP contribution is 2.31. The highest BCUT2D eigenvalue weighted by molar-refractivity contribution is 7.89. The van der Waals surface area contributed by atoms with Gasteiger partial charge in [0.15, 0.2) is 10.8 Å². The van der Waals surface area contributed by atoms with Crippen LogP contribution in [0.1, 0.15) is 32.6 Å². The summed E-state index contributed by atoms with van der Waals surface area (Å²) >= 11 is 0. The van der Waals surface area contributed by atoms with E-state index in [9.17, 15) is 8.42 Å². The highest BCUT2D eigenvalue weighted by atomic mass is 32.2. The lowest BCUT2D eigenvalue weighted by Gasteiger charge is -2.35. The number of nitrogens with zero attached hydrogens (tertiary/aromatic N) is 3. The maximum atomic E-state index is 12.7. The van der Waals surface area contributed by atoms with Gasteiger partial charge in [0.1, 0.15) is 0 Å². The van der Waals surface area contributed by atoms with Crippen LogP contribution in [0.25, 0.3) is 0 Å². The number of aryl methyl sites for hydroxylation is 1. The second kappa shape index (κ2) is 5.13. The number of hydrogen-bond acceptors (Lipinski definition) is 4. The molecule has 2 atom stereocenters. The molecule has 0 saturated heterocycles. The molecule has 1 aliphatic carbocycles. The molecule has 1 saturated carbocycles. The molecule has 2 unspecified atom stereocenters. The fourth-order valence-electron chi connectivity index (χ4n) is 2.90. The Kier molecular flexibility index (Phi) is 3.87. The molecule has 2 N–H and O–H groups in total. The molecule has 0 amide bonds. The van der Waals surface area contributed by atoms with Crippen molar-refractivity contribution in [2.45, 2.75) is 43.7 Å². The molecule has 0 aliphatic heterocycles. The van der Waals surface area contributed by atoms with E-state index < -0.39 is 10.0 Å². The molecule has 7 heteroatoms. The summed E-state index contributed by atoms with van der Waals surface area (Å²) in [6, 6.07) is 0.0491. The molecule has 0 bridgehead atoms. The zero-order valence-corrected chi connectivity index (χ0v) is 12.5. The Labute approximate surface area is 114 Å². The molecule has 108 valence electrons. The maximum Gasteiger partial charge on any atom is 0.262 e. The first-order valence-corrected chi connectivity index (χ1v) is 8.04. The molecule has 0 spiro atoms. The van der Waals surface area contributed by atoms with Gasteiger partial charge in [-0.15, -0.1) is 0 Å². The first-order valence-electron chi connectivity index (χ1n) is 6.60. The Hall–Kier alpha value is -1.08. The maximum absolute atomic E-state index is 12.7. The number of sulfonamides is 1. The number of nitrogens with two attached hydrogens (primary N) is 1. The summed E-state index contributed by atoms with van der Waals surface area (Å²) in [5, 5.41) is 0.0905. The Morgan fingerprint density at radius 3 is 2.58 bits per heavy atom. The third-order valence-corrected chi connectivity index (χ3v) is 6.08. The Balaban J connectivity index is 2.34. The number of aromatic nitrogens is 2. The van der Waals surface area contributed by atoms with Crippen molar-refractivity contribution in [3.8, 4) is 0 Å². The van der Waals surface area contributed by atoms with Gasteiger partial charge in [0, 0.05) is 20.1 Å². The summed E-state index contributed by atoms with van der Waals surface area (Å²) < 4.78 is 28.3. The van der Waals surface area contributed by atoms with Crippen molar-refractivity contribution in [3.05, 3.63) is 6.33 Å². The lowest BCUT2D eigenvalue weighted by atomic mass is 9.86. The Morgan fingerprint density at radius 1 is 1.42 bits per heavy atom. The van der Waals surface area contributed by atoms with E-state index in [4.69, 9.17) is 5.73 Å². The number of nitrogen functional groups attached to an aromatic ring is 1. The summed E-state index contributed by atoms with van der Waals surface area (Å²) in [6.07, 6.45) is 5.68. The van der Waals surface area contributed by atoms with Crippen LogP contribution in [-0.2, 0) is 17.1 Å². The van der Waals surface area contributed by atoms with Crippen LogP contribution in [-0.4, -0.2) is 35.4 Å². The van der Waals surface area contributed by atoms with Gasteiger partial charge in [-0.05, 0) is 18.8 Å². The lowest BCUT2D eigenvalue weighted by Crippen LogP contribution is -2.43. The van der Waals surface area contributed by atoms with Gasteiger partial charge in [0.25, 0.3) is 10.0 Å². The van der Waals surface area contributed by atoms with Crippen LogP contribution in [0.15, 0.2) is 11.4 Å². The van der Waals surface area contributed by atoms with Gasteiger partial charge < -0.3 is 10.3 Å². The van der Waals surface area contributed by atoms with Crippen LogP contribution >= 0.6 is 0 Å². The van der Waals surface area contributed by atoms with Gasteiger partial charge in [-0.25, -0.2) is 13.4 Å². The van der Waals surface area contributed by atoms with Crippen LogP contribution in [0.5, 0.6) is 0 Å². The standard InChI is InChI=1S/C12H22N4O2S/c1-9-6-4-5-7-10(9)16(3)19(17,18)12-11(13)14-8-15(12)2/h8-10H,4-7,13H2,1-3H3. The van der Waals surface area contributed by atoms with Crippen LogP contribution in [0.3, 0.4) is 0 Å². The van der Waals surface area contributed by atoms with Gasteiger partial charge in [-0.1, -0.05) is 19.8 Å². The van der Waals surface area contributed by atoms with E-state index in [1.165, 1.54) is 21.6 Å². The van der Waals surface area contributed by atoms with E-state index in [1.54, 1.807) is 14.1 Å². The molecule has 19 heavy (non-hydrogen) atoms. The summed E-state index contributed by atoms with van der Waals surface area (Å²) in [5.41, 5.74) is 5.69. The predicted octanol–water partition coefficient (Wildman–Crippen LogP) is 1.20. The topological polar surface area (TPSA) is 81.2 Å². The molecular weight excluding hydrogens is 264 g/mol. The van der Waals surface area contributed by atoms with Crippen molar-refractivity contribution in [2.75, 3.05) is 12.8 Å². The summed E-state index contributed by atoms with van der Waals surface area (Å²) in [4.78, 5) is 3.86. The average Bonchev–Trinajstić information content (AvgIpc) is 2.69. The first-order chi connectivity index (χ1) is 8.85. The minimum atomic E-state index is -3.58. The minimum absolute atomic E-state index is 0.0491. The zero-order valence-electron chi connectivity index (χ0n) is 11.7. The van der Waals surface area contributed by atoms with E-state index in [0.29, 0.717) is 5.92 Å². The van der Waals surface area contributed by atoms with E-state index in [1.807, 2.05) is 0 Å². The number of rotatable bonds is 3. The third-order valence-electron chi connectivity index (χ3n) is 4.07. The smallest absolute Gasteiger partial charge is 0.262 e. The summed E-state index contributed by atoms with van der Waals surface area (Å²) in [7, 11) is -0.286. The molecule has 1 heterocycles. The number of imidazole rings is 1. The van der Waals surface area contributed by atoms with Crippen molar-refractivity contribution in [3.63, 3.8) is 0 Å². The highest BCUT2D eigenvalue weighted by Gasteiger charge is 2.35. The minimum Gasteiger partial charge on any atom is -0.381 e. The molecule has 1 fully saturated rings. The van der Waals surface area contributed by atoms with Crippen molar-refractivity contribution >= 4 is 15.8 Å². The van der Waals surface area contributed by atoms with Crippen LogP contribution < -0.4 is 5.73 Å². The Morgan fingerprint density at radius 2 is 2.05 bits per heavy atom. The largest absolute Gasteiger partial charge is 0.381 e. The Bertz CT molecular complexity index is 533. The molecule has 6 nitrogen and oxygen atoms in total. The fraction of sp³-hybridized carbons (Fsp3) is 0.750. The summed E-state index contributed by atoms with van der Waals surface area (Å²) in [5.74, 6) is 0.445. The molecule has 0 radical (unpaired) electrons. The van der Waals surface area contributed by atoms with Crippen molar-refractivity contribution in [1.82, 2.24) is 13.9 Å². The zero-order chi connectivity index (χ0) is 14.2. The quantitative estimate of drug-likeness (QED) is 0.905. The second-order valence-electron chi connectivity index (χ2n) is 5.40. The van der Waals surface area contributed by atoms with Crippen LogP contribution in [0, 0.1) is 5.92 Å². The molecule has 1 aromatic heterocycles. The molecule has 1 aliphatic rings. The van der Waals surface area contributed by atoms with Crippen molar-refractivity contribution in [2.24, 2.45) is 13.0 Å². The normalized spacial score (nSPS) is 24.8. The van der Waals surface area contributed by atoms with Crippen LogP contribution in [0.2, 0.25) is 0 Å². The third kappa shape index (κ3) is 2.49. The molecule has 0 aromatic carbocycles. The van der Waals surface area contributed by atoms with Gasteiger partial charge in [0.2, 0.25) is 0 Å². The van der Waals surface area contributed by atoms with Crippen molar-refractivity contribution < 1.29 is 8.42 Å². The van der Waals surface area contributed by atoms with E-state index in [0.717, 1.165) is 19.3 Å². The SMILES string of the molecule is CC1CCCCC1N(C)S(=O)(=O)c1c(N)ncn1C. The average molecular weight is 286 g/mol. The van der Waals surface area contributed by atoms with E-state index in [2.05, 4.69) is 11.9 Å². The first kappa shape index (κ1) is 14.3. The monoisotopic (exact) mass is 286 g/mol. The summed E-state index contributed by atoms with van der Waals surface area (Å²) in [6.45, 7) is 2.11. The van der Waals surface area contributed by atoms with Gasteiger partial charge >= 0.3 is 0 Å². The second-order valence-corrected chi connectivity index (χ2v) is 7.31. The van der Waals surface area contributed by atoms with Crippen LogP contribution in [0.4, 0.5) is 5.82 Å². The number of anilines is 1. The van der Waals surface area contributed by atoms with Gasteiger partial charge in [-0.2, -0.15) is 4.31 Å². The van der Waals surface area contributed by atoms with E-state index in [-0.39, 0.29) is 16.9 Å². The fourth-order valence-corrected chi connectivity index (χ4v) is 4.57. The molecule has 1 aromatic rings. The van der Waals surface area contributed by atoms with Gasteiger partial charge in [-0.3, -0.25) is 0 Å². The lowest BCUT2D eigenvalue weighted by molar-refractivity contribution is 0.213. The predicted molar refractivity (Wildman–Crippen MR) is 74.0 cm³/mol. The number of hydrogen-bond donors (Lipinski definition) is 1. The molecule has 2 rings (SSSR count). The molecular formula is C12H22N4O2S. The van der Waals surface area contributed by atoms with E-state index >= 15 is 0 Å². The van der Waals surface area contributed by atoms with Gasteiger partial charge in [0.05, 0.1) is 6.33 Å². The van der Waals surface area contributed by atoms with Crippen molar-refractivity contribution in [1.29, 1.82) is 0 Å².